The number of hydrogen-bond donors (Lipinski definition) is 0. The van der Waals surface area contributed by atoms with Crippen LogP contribution in [0.2, 0.25) is 0 Å². The first-order chi connectivity index (χ1) is 10.3. The van der Waals surface area contributed by atoms with Crippen LogP contribution in [0.15, 0.2) is 30.4 Å². The highest BCUT2D eigenvalue weighted by Gasteiger charge is 2.34. The predicted molar refractivity (Wildman–Crippen MR) is 95.7 cm³/mol. The van der Waals surface area contributed by atoms with Crippen LogP contribution in [0, 0.1) is 18.3 Å². The quantitative estimate of drug-likeness (QED) is 0.686. The summed E-state index contributed by atoms with van der Waals surface area (Å²) in [5.41, 5.74) is 6.82. The van der Waals surface area contributed by atoms with Gasteiger partial charge in [-0.2, -0.15) is 0 Å². The molecule has 0 amide bonds. The monoisotopic (exact) mass is 296 g/mol. The molecule has 0 bridgehead atoms. The summed E-state index contributed by atoms with van der Waals surface area (Å²) in [6.45, 7) is 12.7. The molecular weight excluding hydrogens is 268 g/mol. The predicted octanol–water partition coefficient (Wildman–Crippen LogP) is 5.83. The maximum absolute atomic E-state index is 11.9. The Kier molecular flexibility index (Phi) is 4.75. The van der Waals surface area contributed by atoms with Gasteiger partial charge >= 0.3 is 0 Å². The summed E-state index contributed by atoms with van der Waals surface area (Å²) >= 11 is 0. The summed E-state index contributed by atoms with van der Waals surface area (Å²) in [5, 5.41) is 0. The Balaban J connectivity index is 2.71. The highest BCUT2D eigenvalue weighted by molar-refractivity contribution is 5.90. The van der Waals surface area contributed by atoms with E-state index in [1.807, 2.05) is 0 Å². The van der Waals surface area contributed by atoms with E-state index in [0.29, 0.717) is 0 Å². The first kappa shape index (κ1) is 16.7. The van der Waals surface area contributed by atoms with Crippen molar-refractivity contribution >= 4 is 16.9 Å². The normalized spacial score (nSPS) is 21.7. The van der Waals surface area contributed by atoms with E-state index < -0.39 is 0 Å². The van der Waals surface area contributed by atoms with E-state index in [9.17, 15) is 4.79 Å². The van der Waals surface area contributed by atoms with Crippen molar-refractivity contribution in [1.82, 2.24) is 0 Å². The molecule has 1 atom stereocenters. The van der Waals surface area contributed by atoms with E-state index in [0.717, 1.165) is 12.8 Å². The summed E-state index contributed by atoms with van der Waals surface area (Å²) < 4.78 is 0. The minimum absolute atomic E-state index is 0.0230. The van der Waals surface area contributed by atoms with E-state index in [-0.39, 0.29) is 17.1 Å². The van der Waals surface area contributed by atoms with Crippen LogP contribution in [-0.2, 0) is 4.79 Å². The van der Waals surface area contributed by atoms with Crippen molar-refractivity contribution in [3.8, 4) is 0 Å². The van der Waals surface area contributed by atoms with Gasteiger partial charge in [0.2, 0.25) is 0 Å². The molecule has 0 fully saturated rings. The smallest absolute Gasteiger partial charge is 0.136 e. The van der Waals surface area contributed by atoms with Crippen molar-refractivity contribution in [2.75, 3.05) is 0 Å². The van der Waals surface area contributed by atoms with Gasteiger partial charge in [-0.25, -0.2) is 0 Å². The minimum atomic E-state index is 0.0230. The molecule has 0 aliphatic heterocycles. The molecule has 22 heavy (non-hydrogen) atoms. The maximum Gasteiger partial charge on any atom is 0.136 e. The van der Waals surface area contributed by atoms with E-state index in [4.69, 9.17) is 0 Å². The lowest BCUT2D eigenvalue weighted by molar-refractivity contribution is -0.119. The third kappa shape index (κ3) is 2.95. The molecule has 118 valence electrons. The van der Waals surface area contributed by atoms with Crippen LogP contribution < -0.4 is 0 Å². The zero-order valence-electron chi connectivity index (χ0n) is 14.8. The van der Waals surface area contributed by atoms with Gasteiger partial charge < -0.3 is 0 Å². The molecule has 0 aromatic heterocycles. The molecule has 1 aromatic rings. The van der Waals surface area contributed by atoms with Gasteiger partial charge in [-0.05, 0) is 66.9 Å². The summed E-state index contributed by atoms with van der Waals surface area (Å²) in [6.07, 6.45) is 6.37. The van der Waals surface area contributed by atoms with Gasteiger partial charge in [-0.3, -0.25) is 4.79 Å². The average Bonchev–Trinajstić information content (AvgIpc) is 2.45. The van der Waals surface area contributed by atoms with Crippen molar-refractivity contribution in [2.24, 2.45) is 11.3 Å². The molecule has 1 aliphatic rings. The number of hydrogen-bond acceptors (Lipinski definition) is 1. The molecule has 1 heteroatoms. The summed E-state index contributed by atoms with van der Waals surface area (Å²) in [6, 6.07) is 6.53. The van der Waals surface area contributed by atoms with E-state index in [1.54, 1.807) is 6.92 Å². The van der Waals surface area contributed by atoms with Crippen LogP contribution in [0.25, 0.3) is 11.1 Å². The maximum atomic E-state index is 11.9. The Labute approximate surface area is 135 Å². The minimum Gasteiger partial charge on any atom is -0.299 e. The van der Waals surface area contributed by atoms with Crippen molar-refractivity contribution in [3.05, 3.63) is 47.0 Å². The number of carbonyl (C=O) groups excluding carboxylic acids is 1. The third-order valence-corrected chi connectivity index (χ3v) is 4.92. The van der Waals surface area contributed by atoms with Gasteiger partial charge in [0, 0.05) is 5.92 Å². The molecule has 1 aromatic carbocycles. The Hall–Kier alpha value is -1.63. The van der Waals surface area contributed by atoms with Crippen molar-refractivity contribution in [1.29, 1.82) is 0 Å². The van der Waals surface area contributed by atoms with Crippen molar-refractivity contribution < 1.29 is 4.79 Å². The molecule has 0 heterocycles. The summed E-state index contributed by atoms with van der Waals surface area (Å²) in [5.74, 6) is 0.284. The third-order valence-electron chi connectivity index (χ3n) is 4.92. The lowest BCUT2D eigenvalue weighted by Gasteiger charge is -2.38. The van der Waals surface area contributed by atoms with Crippen LogP contribution >= 0.6 is 0 Å². The highest BCUT2D eigenvalue weighted by Crippen LogP contribution is 2.50. The fourth-order valence-electron chi connectivity index (χ4n) is 3.63. The molecule has 2 rings (SSSR count). The molecule has 0 saturated carbocycles. The molecule has 1 nitrogen and oxygen atoms in total. The first-order valence-corrected chi connectivity index (χ1v) is 8.30. The van der Waals surface area contributed by atoms with Crippen LogP contribution in [-0.4, -0.2) is 5.78 Å². The van der Waals surface area contributed by atoms with Gasteiger partial charge in [-0.15, -0.1) is 0 Å². The first-order valence-electron chi connectivity index (χ1n) is 8.30. The molecule has 1 unspecified atom stereocenters. The number of aryl methyl sites for hydroxylation is 1. The number of fused-ring (bicyclic) bond motifs is 1. The summed E-state index contributed by atoms with van der Waals surface area (Å²) in [7, 11) is 0. The second-order valence-corrected chi connectivity index (χ2v) is 7.08. The van der Waals surface area contributed by atoms with Gasteiger partial charge in [0.1, 0.15) is 5.78 Å². The standard InChI is InChI=1S/C21H28O/c1-7-16(15(4)22)12-19-18-11-9-10-14(3)20(18)17(8-2)13-21(19,5)6/h8-12,16H,7,13H2,1-6H3/b17-8-,19-12-. The average molecular weight is 296 g/mol. The number of Topliss-reactive ketones (excluding diaryl/α,β-unsaturated/α-hetero) is 1. The molecule has 1 aliphatic carbocycles. The lowest BCUT2D eigenvalue weighted by Crippen LogP contribution is -2.23. The Morgan fingerprint density at radius 2 is 2.05 bits per heavy atom. The Morgan fingerprint density at radius 3 is 2.59 bits per heavy atom. The second kappa shape index (κ2) is 6.24. The topological polar surface area (TPSA) is 17.1 Å². The summed E-state index contributed by atoms with van der Waals surface area (Å²) in [4.78, 5) is 11.9. The molecule has 0 spiro atoms. The number of allylic oxidation sites excluding steroid dienone is 4. The van der Waals surface area contributed by atoms with Crippen molar-refractivity contribution in [3.63, 3.8) is 0 Å². The van der Waals surface area contributed by atoms with Gasteiger partial charge in [0.25, 0.3) is 0 Å². The van der Waals surface area contributed by atoms with Crippen LogP contribution in [0.4, 0.5) is 0 Å². The fourth-order valence-corrected chi connectivity index (χ4v) is 3.63. The zero-order valence-corrected chi connectivity index (χ0v) is 14.8. The van der Waals surface area contributed by atoms with Crippen LogP contribution in [0.1, 0.15) is 64.2 Å². The zero-order chi connectivity index (χ0) is 16.5. The van der Waals surface area contributed by atoms with Gasteiger partial charge in [-0.1, -0.05) is 51.1 Å². The SMILES string of the molecule is C/C=C1/CC(C)(C)/C(=C\C(CC)C(C)=O)c2cccc(C)c21. The van der Waals surface area contributed by atoms with Crippen molar-refractivity contribution in [2.45, 2.75) is 54.4 Å². The number of carbonyl (C=O) groups is 1. The molecule has 0 N–H and O–H groups in total. The lowest BCUT2D eigenvalue weighted by atomic mass is 9.66. The number of benzene rings is 1. The highest BCUT2D eigenvalue weighted by atomic mass is 16.1. The fraction of sp³-hybridized carbons (Fsp3) is 0.476. The Bertz CT molecular complexity index is 644. The van der Waals surface area contributed by atoms with E-state index >= 15 is 0 Å². The molecule has 0 radical (unpaired) electrons. The van der Waals surface area contributed by atoms with Gasteiger partial charge in [0.15, 0.2) is 0 Å². The number of rotatable bonds is 3. The van der Waals surface area contributed by atoms with Crippen LogP contribution in [0.3, 0.4) is 0 Å². The molecule has 0 saturated heterocycles. The van der Waals surface area contributed by atoms with E-state index in [1.165, 1.54) is 27.8 Å². The largest absolute Gasteiger partial charge is 0.299 e. The van der Waals surface area contributed by atoms with Crippen LogP contribution in [0.5, 0.6) is 0 Å². The molecular formula is C21H28O. The second-order valence-electron chi connectivity index (χ2n) is 7.08. The Morgan fingerprint density at radius 1 is 1.36 bits per heavy atom. The van der Waals surface area contributed by atoms with E-state index in [2.05, 4.69) is 65.0 Å². The van der Waals surface area contributed by atoms with Gasteiger partial charge in [0.05, 0.1) is 0 Å². The number of ketones is 1.